The number of nitrogens with zero attached hydrogens (tertiary/aromatic N) is 1. The van der Waals surface area contributed by atoms with Gasteiger partial charge in [-0.25, -0.2) is 9.37 Å². The zero-order chi connectivity index (χ0) is 18.6. The molecule has 2 aromatic carbocycles. The molecular formula is C21H19FN2O2S. The van der Waals surface area contributed by atoms with Crippen molar-refractivity contribution >= 4 is 17.2 Å². The van der Waals surface area contributed by atoms with Crippen molar-refractivity contribution in [3.63, 3.8) is 0 Å². The normalized spacial score (nSPS) is 13.4. The van der Waals surface area contributed by atoms with Crippen LogP contribution < -0.4 is 10.1 Å². The Bertz CT molecular complexity index is 935. The fourth-order valence-electron chi connectivity index (χ4n) is 2.63. The van der Waals surface area contributed by atoms with Gasteiger partial charge in [0.2, 0.25) is 0 Å². The molecule has 1 N–H and O–H groups in total. The van der Waals surface area contributed by atoms with Crippen LogP contribution in [0, 0.1) is 11.7 Å². The number of carbonyl (C=O) groups excluding carboxylic acids is 1. The average Bonchev–Trinajstić information content (AvgIpc) is 3.39. The molecule has 27 heavy (non-hydrogen) atoms. The van der Waals surface area contributed by atoms with Crippen LogP contribution in [0.2, 0.25) is 0 Å². The summed E-state index contributed by atoms with van der Waals surface area (Å²) in [6.45, 7) is 1.09. The minimum atomic E-state index is -0.263. The SMILES string of the molecule is O=C(NCC1CC1)c1csc(-c2cccc(OCc3ccc(F)cc3)c2)n1. The van der Waals surface area contributed by atoms with Crippen molar-refractivity contribution in [1.29, 1.82) is 0 Å². The molecule has 0 saturated heterocycles. The van der Waals surface area contributed by atoms with E-state index in [0.717, 1.165) is 22.7 Å². The zero-order valence-corrected chi connectivity index (χ0v) is 15.5. The third-order valence-corrected chi connectivity index (χ3v) is 5.28. The number of halogens is 1. The Kier molecular flexibility index (Phi) is 5.16. The molecule has 1 amide bonds. The second-order valence-electron chi connectivity index (χ2n) is 6.63. The Morgan fingerprint density at radius 1 is 1.22 bits per heavy atom. The van der Waals surface area contributed by atoms with Gasteiger partial charge in [0.15, 0.2) is 0 Å². The third kappa shape index (κ3) is 4.71. The standard InChI is InChI=1S/C21H19FN2O2S/c22-17-8-6-15(7-9-17)12-26-18-3-1-2-16(10-18)21-24-19(13-27-21)20(25)23-11-14-4-5-14/h1-3,6-10,13-14H,4-5,11-12H2,(H,23,25). The monoisotopic (exact) mass is 382 g/mol. The average molecular weight is 382 g/mol. The number of thiazole rings is 1. The van der Waals surface area contributed by atoms with Gasteiger partial charge < -0.3 is 10.1 Å². The van der Waals surface area contributed by atoms with Crippen LogP contribution >= 0.6 is 11.3 Å². The topological polar surface area (TPSA) is 51.2 Å². The lowest BCUT2D eigenvalue weighted by atomic mass is 10.2. The van der Waals surface area contributed by atoms with Gasteiger partial charge >= 0.3 is 0 Å². The van der Waals surface area contributed by atoms with Crippen molar-refractivity contribution in [2.45, 2.75) is 19.4 Å². The van der Waals surface area contributed by atoms with E-state index in [4.69, 9.17) is 4.74 Å². The number of aromatic nitrogens is 1. The van der Waals surface area contributed by atoms with Gasteiger partial charge in [0.25, 0.3) is 5.91 Å². The summed E-state index contributed by atoms with van der Waals surface area (Å²) in [6.07, 6.45) is 2.40. The Labute approximate surface area is 161 Å². The number of amides is 1. The van der Waals surface area contributed by atoms with E-state index in [1.807, 2.05) is 24.3 Å². The summed E-state index contributed by atoms with van der Waals surface area (Å²) >= 11 is 1.44. The lowest BCUT2D eigenvalue weighted by Gasteiger charge is -2.07. The molecule has 1 saturated carbocycles. The largest absolute Gasteiger partial charge is 0.489 e. The first-order chi connectivity index (χ1) is 13.2. The lowest BCUT2D eigenvalue weighted by Crippen LogP contribution is -2.25. The molecular weight excluding hydrogens is 363 g/mol. The Morgan fingerprint density at radius 3 is 2.81 bits per heavy atom. The fourth-order valence-corrected chi connectivity index (χ4v) is 3.42. The summed E-state index contributed by atoms with van der Waals surface area (Å²) in [5.41, 5.74) is 2.25. The van der Waals surface area contributed by atoms with E-state index in [-0.39, 0.29) is 11.7 Å². The van der Waals surface area contributed by atoms with Crippen LogP contribution in [0.3, 0.4) is 0 Å². The highest BCUT2D eigenvalue weighted by molar-refractivity contribution is 7.13. The van der Waals surface area contributed by atoms with E-state index in [1.54, 1.807) is 17.5 Å². The number of benzene rings is 2. The molecule has 3 aromatic rings. The molecule has 0 bridgehead atoms. The van der Waals surface area contributed by atoms with E-state index in [2.05, 4.69) is 10.3 Å². The van der Waals surface area contributed by atoms with Crippen LogP contribution in [0.5, 0.6) is 5.75 Å². The molecule has 1 aromatic heterocycles. The molecule has 138 valence electrons. The summed E-state index contributed by atoms with van der Waals surface area (Å²) in [6, 6.07) is 13.8. The van der Waals surface area contributed by atoms with E-state index in [1.165, 1.54) is 36.3 Å². The van der Waals surface area contributed by atoms with Crippen molar-refractivity contribution < 1.29 is 13.9 Å². The quantitative estimate of drug-likeness (QED) is 0.646. The number of hydrogen-bond acceptors (Lipinski definition) is 4. The van der Waals surface area contributed by atoms with E-state index in [0.29, 0.717) is 24.0 Å². The summed E-state index contributed by atoms with van der Waals surface area (Å²) in [4.78, 5) is 16.6. The van der Waals surface area contributed by atoms with Crippen LogP contribution in [0.25, 0.3) is 10.6 Å². The number of nitrogens with one attached hydrogen (secondary N) is 1. The summed E-state index contributed by atoms with van der Waals surface area (Å²) < 4.78 is 18.8. The first-order valence-corrected chi connectivity index (χ1v) is 9.77. The van der Waals surface area contributed by atoms with E-state index >= 15 is 0 Å². The molecule has 4 nitrogen and oxygen atoms in total. The smallest absolute Gasteiger partial charge is 0.270 e. The van der Waals surface area contributed by atoms with E-state index < -0.39 is 0 Å². The third-order valence-electron chi connectivity index (χ3n) is 4.38. The van der Waals surface area contributed by atoms with Crippen molar-refractivity contribution in [1.82, 2.24) is 10.3 Å². The molecule has 4 rings (SSSR count). The second kappa shape index (κ2) is 7.88. The van der Waals surface area contributed by atoms with Gasteiger partial charge in [-0.1, -0.05) is 24.3 Å². The number of rotatable bonds is 7. The Hall–Kier alpha value is -2.73. The maximum Gasteiger partial charge on any atom is 0.270 e. The number of ether oxygens (including phenoxy) is 1. The van der Waals surface area contributed by atoms with Gasteiger partial charge in [0.05, 0.1) is 0 Å². The van der Waals surface area contributed by atoms with Gasteiger partial charge in [-0.2, -0.15) is 0 Å². The van der Waals surface area contributed by atoms with Gasteiger partial charge in [0, 0.05) is 17.5 Å². The molecule has 1 aliphatic carbocycles. The molecule has 0 unspecified atom stereocenters. The molecule has 1 heterocycles. The van der Waals surface area contributed by atoms with Gasteiger partial charge in [0.1, 0.15) is 28.9 Å². The predicted octanol–water partition coefficient (Wildman–Crippen LogP) is 4.67. The van der Waals surface area contributed by atoms with Crippen LogP contribution in [0.4, 0.5) is 4.39 Å². The number of carbonyl (C=O) groups is 1. The Morgan fingerprint density at radius 2 is 2.04 bits per heavy atom. The Balaban J connectivity index is 1.41. The summed E-state index contributed by atoms with van der Waals surface area (Å²) in [5, 5.41) is 5.49. The molecule has 0 aliphatic heterocycles. The molecule has 0 spiro atoms. The summed E-state index contributed by atoms with van der Waals surface area (Å²) in [5.74, 6) is 0.961. The highest BCUT2D eigenvalue weighted by Gasteiger charge is 2.22. The number of hydrogen-bond donors (Lipinski definition) is 1. The van der Waals surface area contributed by atoms with Crippen LogP contribution in [0.1, 0.15) is 28.9 Å². The van der Waals surface area contributed by atoms with Crippen LogP contribution in [-0.2, 0) is 6.61 Å². The van der Waals surface area contributed by atoms with Crippen LogP contribution in [0.15, 0.2) is 53.9 Å². The summed E-state index contributed by atoms with van der Waals surface area (Å²) in [7, 11) is 0. The van der Waals surface area contributed by atoms with Gasteiger partial charge in [-0.3, -0.25) is 4.79 Å². The molecule has 0 atom stereocenters. The second-order valence-corrected chi connectivity index (χ2v) is 7.49. The zero-order valence-electron chi connectivity index (χ0n) is 14.7. The van der Waals surface area contributed by atoms with Crippen LogP contribution in [-0.4, -0.2) is 17.4 Å². The van der Waals surface area contributed by atoms with Crippen molar-refractivity contribution in [2.75, 3.05) is 6.54 Å². The van der Waals surface area contributed by atoms with Gasteiger partial charge in [-0.05, 0) is 48.6 Å². The highest BCUT2D eigenvalue weighted by atomic mass is 32.1. The molecule has 6 heteroatoms. The maximum atomic E-state index is 13.0. The minimum Gasteiger partial charge on any atom is -0.489 e. The predicted molar refractivity (Wildman–Crippen MR) is 103 cm³/mol. The van der Waals surface area contributed by atoms with Crippen molar-refractivity contribution in [3.05, 3.63) is 71.0 Å². The molecule has 0 radical (unpaired) electrons. The lowest BCUT2D eigenvalue weighted by molar-refractivity contribution is 0.0947. The first kappa shape index (κ1) is 17.7. The van der Waals surface area contributed by atoms with Gasteiger partial charge in [-0.15, -0.1) is 11.3 Å². The molecule has 1 fully saturated rings. The highest BCUT2D eigenvalue weighted by Crippen LogP contribution is 2.29. The minimum absolute atomic E-state index is 0.117. The van der Waals surface area contributed by atoms with Crippen molar-refractivity contribution in [3.8, 4) is 16.3 Å². The first-order valence-electron chi connectivity index (χ1n) is 8.89. The van der Waals surface area contributed by atoms with Crippen molar-refractivity contribution in [2.24, 2.45) is 5.92 Å². The maximum absolute atomic E-state index is 13.0. The molecule has 1 aliphatic rings. The van der Waals surface area contributed by atoms with E-state index in [9.17, 15) is 9.18 Å². The fraction of sp³-hybridized carbons (Fsp3) is 0.238.